The van der Waals surface area contributed by atoms with E-state index in [1.165, 1.54) is 0 Å². The van der Waals surface area contributed by atoms with Crippen molar-refractivity contribution in [2.45, 2.75) is 51.9 Å². The first-order chi connectivity index (χ1) is 9.40. The van der Waals surface area contributed by atoms with Crippen molar-refractivity contribution in [2.75, 3.05) is 13.2 Å². The van der Waals surface area contributed by atoms with Crippen LogP contribution in [0, 0.1) is 5.41 Å². The van der Waals surface area contributed by atoms with Crippen LogP contribution in [-0.4, -0.2) is 34.9 Å². The topological polar surface area (TPSA) is 54.4 Å². The van der Waals surface area contributed by atoms with Gasteiger partial charge in [-0.3, -0.25) is 4.98 Å². The minimum atomic E-state index is -0.712. The summed E-state index contributed by atoms with van der Waals surface area (Å²) in [5.41, 5.74) is 0.0602. The third kappa shape index (κ3) is 2.73. The number of rotatable bonds is 6. The van der Waals surface area contributed by atoms with Gasteiger partial charge < -0.3 is 15.2 Å². The van der Waals surface area contributed by atoms with Crippen LogP contribution >= 0.6 is 0 Å². The summed E-state index contributed by atoms with van der Waals surface area (Å²) in [7, 11) is 0. The highest BCUT2D eigenvalue weighted by Gasteiger charge is 2.59. The van der Waals surface area contributed by atoms with Gasteiger partial charge in [0.15, 0.2) is 0 Å². The number of pyridine rings is 1. The molecule has 1 aromatic heterocycles. The van der Waals surface area contributed by atoms with E-state index < -0.39 is 5.60 Å². The van der Waals surface area contributed by atoms with Gasteiger partial charge in [-0.05, 0) is 26.0 Å². The molecule has 1 saturated carbocycles. The zero-order valence-electron chi connectivity index (χ0n) is 12.9. The molecule has 0 aliphatic heterocycles. The Hall–Kier alpha value is -0.970. The summed E-state index contributed by atoms with van der Waals surface area (Å²) in [4.78, 5) is 4.34. The van der Waals surface area contributed by atoms with Crippen LogP contribution in [0.2, 0.25) is 0 Å². The van der Waals surface area contributed by atoms with Gasteiger partial charge in [0.1, 0.15) is 0 Å². The van der Waals surface area contributed by atoms with Crippen LogP contribution in [0.5, 0.6) is 0 Å². The molecule has 1 aliphatic carbocycles. The van der Waals surface area contributed by atoms with Crippen LogP contribution in [0.15, 0.2) is 24.4 Å². The Morgan fingerprint density at radius 3 is 2.80 bits per heavy atom. The van der Waals surface area contributed by atoms with E-state index in [0.29, 0.717) is 19.6 Å². The van der Waals surface area contributed by atoms with Crippen molar-refractivity contribution in [3.63, 3.8) is 0 Å². The molecule has 1 fully saturated rings. The molecule has 0 amide bonds. The molecule has 4 nitrogen and oxygen atoms in total. The van der Waals surface area contributed by atoms with E-state index in [9.17, 15) is 5.11 Å². The summed E-state index contributed by atoms with van der Waals surface area (Å²) in [5.74, 6) is 0. The Morgan fingerprint density at radius 1 is 1.50 bits per heavy atom. The summed E-state index contributed by atoms with van der Waals surface area (Å²) >= 11 is 0. The average Bonchev–Trinajstić information content (AvgIpc) is 2.45. The van der Waals surface area contributed by atoms with Gasteiger partial charge in [0, 0.05) is 37.2 Å². The molecule has 0 bridgehead atoms. The molecule has 0 radical (unpaired) electrons. The molecular formula is C16H26N2O2. The number of hydrogen-bond acceptors (Lipinski definition) is 4. The lowest BCUT2D eigenvalue weighted by atomic mass is 9.56. The standard InChI is InChI=1S/C16H26N2O2/c1-5-20-14-10-16(19,15(14,3)4)11-18-12(2)13-8-6-7-9-17-13/h6-9,12,14,18-19H,5,10-11H2,1-4H3/t12-,14-,16-/m1/s1. The lowest BCUT2D eigenvalue weighted by Crippen LogP contribution is -2.68. The molecule has 0 aromatic carbocycles. The van der Waals surface area contributed by atoms with Crippen molar-refractivity contribution in [3.8, 4) is 0 Å². The Labute approximate surface area is 121 Å². The van der Waals surface area contributed by atoms with Gasteiger partial charge in [-0.15, -0.1) is 0 Å². The van der Waals surface area contributed by atoms with E-state index in [4.69, 9.17) is 4.74 Å². The Morgan fingerprint density at radius 2 is 2.25 bits per heavy atom. The van der Waals surface area contributed by atoms with E-state index in [0.717, 1.165) is 5.69 Å². The lowest BCUT2D eigenvalue weighted by molar-refractivity contribution is -0.238. The SMILES string of the molecule is CCO[C@@H]1C[C@@](O)(CN[C@H](C)c2ccccn2)C1(C)C. The summed E-state index contributed by atoms with van der Waals surface area (Å²) in [6, 6.07) is 6.01. The van der Waals surface area contributed by atoms with Crippen LogP contribution in [0.1, 0.15) is 45.9 Å². The fourth-order valence-corrected chi connectivity index (χ4v) is 2.82. The van der Waals surface area contributed by atoms with E-state index in [1.54, 1.807) is 6.20 Å². The Bertz CT molecular complexity index is 435. The second-order valence-electron chi connectivity index (χ2n) is 6.26. The second kappa shape index (κ2) is 5.80. The first-order valence-corrected chi connectivity index (χ1v) is 7.39. The predicted octanol–water partition coefficient (Wildman–Crippen LogP) is 2.30. The molecule has 1 aromatic rings. The molecule has 1 aliphatic rings. The zero-order valence-corrected chi connectivity index (χ0v) is 12.9. The number of nitrogens with one attached hydrogen (secondary N) is 1. The third-order valence-electron chi connectivity index (χ3n) is 4.73. The van der Waals surface area contributed by atoms with Crippen molar-refractivity contribution in [3.05, 3.63) is 30.1 Å². The number of nitrogens with zero attached hydrogens (tertiary/aromatic N) is 1. The van der Waals surface area contributed by atoms with Crippen LogP contribution in [0.3, 0.4) is 0 Å². The molecule has 4 heteroatoms. The van der Waals surface area contributed by atoms with Gasteiger partial charge in [-0.1, -0.05) is 19.9 Å². The number of aromatic nitrogens is 1. The smallest absolute Gasteiger partial charge is 0.0871 e. The first-order valence-electron chi connectivity index (χ1n) is 7.39. The Balaban J connectivity index is 1.91. The monoisotopic (exact) mass is 278 g/mol. The second-order valence-corrected chi connectivity index (χ2v) is 6.26. The highest BCUT2D eigenvalue weighted by molar-refractivity contribution is 5.13. The van der Waals surface area contributed by atoms with E-state index in [2.05, 4.69) is 31.1 Å². The quantitative estimate of drug-likeness (QED) is 0.838. The van der Waals surface area contributed by atoms with Crippen LogP contribution in [-0.2, 0) is 4.74 Å². The number of hydrogen-bond donors (Lipinski definition) is 2. The zero-order chi connectivity index (χ0) is 14.8. The maximum absolute atomic E-state index is 10.8. The molecule has 1 heterocycles. The maximum atomic E-state index is 10.8. The van der Waals surface area contributed by atoms with E-state index in [-0.39, 0.29) is 17.6 Å². The van der Waals surface area contributed by atoms with Crippen LogP contribution < -0.4 is 5.32 Å². The summed E-state index contributed by atoms with van der Waals surface area (Å²) in [5, 5.41) is 14.2. The Kier molecular flexibility index (Phi) is 4.47. The highest BCUT2D eigenvalue weighted by Crippen LogP contribution is 2.51. The summed E-state index contributed by atoms with van der Waals surface area (Å²) in [6.45, 7) is 9.46. The number of ether oxygens (including phenoxy) is 1. The van der Waals surface area contributed by atoms with Crippen LogP contribution in [0.4, 0.5) is 0 Å². The van der Waals surface area contributed by atoms with Gasteiger partial charge in [-0.25, -0.2) is 0 Å². The van der Waals surface area contributed by atoms with Gasteiger partial charge in [0.2, 0.25) is 0 Å². The molecule has 0 saturated heterocycles. The normalized spacial score (nSPS) is 29.8. The largest absolute Gasteiger partial charge is 0.388 e. The summed E-state index contributed by atoms with van der Waals surface area (Å²) in [6.07, 6.45) is 2.63. The third-order valence-corrected chi connectivity index (χ3v) is 4.73. The highest BCUT2D eigenvalue weighted by atomic mass is 16.5. The molecule has 0 unspecified atom stereocenters. The molecule has 20 heavy (non-hydrogen) atoms. The molecule has 2 N–H and O–H groups in total. The fraction of sp³-hybridized carbons (Fsp3) is 0.688. The average molecular weight is 278 g/mol. The lowest BCUT2D eigenvalue weighted by Gasteiger charge is -2.58. The van der Waals surface area contributed by atoms with Crippen molar-refractivity contribution in [1.82, 2.24) is 10.3 Å². The molecule has 3 atom stereocenters. The van der Waals surface area contributed by atoms with Gasteiger partial charge in [-0.2, -0.15) is 0 Å². The van der Waals surface area contributed by atoms with Crippen molar-refractivity contribution in [2.24, 2.45) is 5.41 Å². The molecule has 2 rings (SSSR count). The van der Waals surface area contributed by atoms with E-state index in [1.807, 2.05) is 25.1 Å². The first kappa shape index (κ1) is 15.4. The van der Waals surface area contributed by atoms with Crippen molar-refractivity contribution >= 4 is 0 Å². The predicted molar refractivity (Wildman–Crippen MR) is 79.4 cm³/mol. The van der Waals surface area contributed by atoms with Crippen molar-refractivity contribution < 1.29 is 9.84 Å². The van der Waals surface area contributed by atoms with Gasteiger partial charge >= 0.3 is 0 Å². The minimum Gasteiger partial charge on any atom is -0.388 e. The van der Waals surface area contributed by atoms with Gasteiger partial charge in [0.25, 0.3) is 0 Å². The number of aliphatic hydroxyl groups is 1. The van der Waals surface area contributed by atoms with Crippen LogP contribution in [0.25, 0.3) is 0 Å². The van der Waals surface area contributed by atoms with E-state index >= 15 is 0 Å². The van der Waals surface area contributed by atoms with Gasteiger partial charge in [0.05, 0.1) is 17.4 Å². The molecule has 0 spiro atoms. The molecule has 112 valence electrons. The maximum Gasteiger partial charge on any atom is 0.0871 e. The molecular weight excluding hydrogens is 252 g/mol. The fourth-order valence-electron chi connectivity index (χ4n) is 2.82. The minimum absolute atomic E-state index is 0.127. The van der Waals surface area contributed by atoms with Crippen molar-refractivity contribution in [1.29, 1.82) is 0 Å². The summed E-state index contributed by atoms with van der Waals surface area (Å²) < 4.78 is 5.68.